The van der Waals surface area contributed by atoms with Gasteiger partial charge in [-0.2, -0.15) is 4.31 Å². The Bertz CT molecular complexity index is 1350. The number of hydrogen-bond acceptors (Lipinski definition) is 6. The Hall–Kier alpha value is -2.04. The fourth-order valence-electron chi connectivity index (χ4n) is 5.04. The van der Waals surface area contributed by atoms with Crippen molar-refractivity contribution < 1.29 is 13.2 Å². The number of carbonyl (C=O) groups excluding carboxylic acids is 1. The minimum absolute atomic E-state index is 0. The lowest BCUT2D eigenvalue weighted by Crippen LogP contribution is -2.42. The summed E-state index contributed by atoms with van der Waals surface area (Å²) in [4.78, 5) is 22.9. The molecule has 1 saturated heterocycles. The third kappa shape index (κ3) is 6.39. The van der Waals surface area contributed by atoms with E-state index in [1.165, 1.54) is 11.3 Å². The van der Waals surface area contributed by atoms with Gasteiger partial charge in [0, 0.05) is 31.2 Å². The molecular weight excluding hydrogens is 540 g/mol. The maximum Gasteiger partial charge on any atom is 0.260 e. The van der Waals surface area contributed by atoms with E-state index in [4.69, 9.17) is 4.98 Å². The zero-order valence-electron chi connectivity index (χ0n) is 22.9. The van der Waals surface area contributed by atoms with Crippen LogP contribution in [0.3, 0.4) is 0 Å². The zero-order valence-corrected chi connectivity index (χ0v) is 25.4. The third-order valence-corrected chi connectivity index (χ3v) is 10.5. The number of hydrogen-bond donors (Lipinski definition) is 0. The van der Waals surface area contributed by atoms with Crippen molar-refractivity contribution in [2.75, 3.05) is 37.6 Å². The largest absolute Gasteiger partial charge is 0.302 e. The first-order chi connectivity index (χ1) is 17.6. The van der Waals surface area contributed by atoms with E-state index in [-0.39, 0.29) is 29.3 Å². The van der Waals surface area contributed by atoms with Crippen LogP contribution in [0.2, 0.25) is 0 Å². The first-order valence-electron chi connectivity index (χ1n) is 13.2. The van der Waals surface area contributed by atoms with Gasteiger partial charge in [0.2, 0.25) is 10.0 Å². The molecule has 3 aromatic rings. The molecule has 1 unspecified atom stereocenters. The van der Waals surface area contributed by atoms with Gasteiger partial charge in [-0.15, -0.1) is 12.4 Å². The first-order valence-corrected chi connectivity index (χ1v) is 15.4. The Labute approximate surface area is 237 Å². The van der Waals surface area contributed by atoms with Crippen molar-refractivity contribution in [3.63, 3.8) is 0 Å². The van der Waals surface area contributed by atoms with Gasteiger partial charge in [0.25, 0.3) is 5.91 Å². The van der Waals surface area contributed by atoms with E-state index in [0.29, 0.717) is 23.8 Å². The normalized spacial score (nSPS) is 16.5. The molecule has 38 heavy (non-hydrogen) atoms. The predicted molar refractivity (Wildman–Crippen MR) is 159 cm³/mol. The highest BCUT2D eigenvalue weighted by Gasteiger charge is 2.31. The first kappa shape index (κ1) is 30.5. The molecule has 10 heteroatoms. The summed E-state index contributed by atoms with van der Waals surface area (Å²) < 4.78 is 29.2. The molecule has 1 aromatic heterocycles. The maximum absolute atomic E-state index is 13.8. The van der Waals surface area contributed by atoms with Crippen LogP contribution in [-0.4, -0.2) is 67.3 Å². The molecule has 208 valence electrons. The van der Waals surface area contributed by atoms with E-state index in [9.17, 15) is 13.2 Å². The van der Waals surface area contributed by atoms with Gasteiger partial charge in [0.1, 0.15) is 0 Å². The summed E-state index contributed by atoms with van der Waals surface area (Å²) in [7, 11) is -3.59. The maximum atomic E-state index is 13.8. The minimum atomic E-state index is -3.59. The van der Waals surface area contributed by atoms with Gasteiger partial charge in [-0.3, -0.25) is 9.69 Å². The van der Waals surface area contributed by atoms with Crippen LogP contribution >= 0.6 is 23.7 Å². The number of rotatable bonds is 9. The van der Waals surface area contributed by atoms with E-state index in [0.717, 1.165) is 60.2 Å². The van der Waals surface area contributed by atoms with Crippen molar-refractivity contribution in [2.45, 2.75) is 64.8 Å². The van der Waals surface area contributed by atoms with Crippen molar-refractivity contribution in [2.24, 2.45) is 0 Å². The molecule has 1 fully saturated rings. The summed E-state index contributed by atoms with van der Waals surface area (Å²) in [6.45, 7) is 13.9. The zero-order chi connectivity index (χ0) is 26.7. The van der Waals surface area contributed by atoms with Crippen LogP contribution in [0.1, 0.15) is 61.5 Å². The van der Waals surface area contributed by atoms with Crippen LogP contribution in [0.25, 0.3) is 10.2 Å². The Morgan fingerprint density at radius 1 is 1.08 bits per heavy atom. The summed E-state index contributed by atoms with van der Waals surface area (Å²) in [6, 6.07) is 10.6. The van der Waals surface area contributed by atoms with Crippen LogP contribution < -0.4 is 4.90 Å². The number of anilines is 1. The fraction of sp³-hybridized carbons (Fsp3) is 0.500. The summed E-state index contributed by atoms with van der Waals surface area (Å²) in [5.41, 5.74) is 3.65. The van der Waals surface area contributed by atoms with E-state index < -0.39 is 10.0 Å². The molecule has 4 rings (SSSR count). The van der Waals surface area contributed by atoms with Crippen molar-refractivity contribution in [1.82, 2.24) is 14.2 Å². The third-order valence-electron chi connectivity index (χ3n) is 7.27. The fourth-order valence-corrected chi connectivity index (χ4v) is 7.77. The van der Waals surface area contributed by atoms with Gasteiger partial charge in [0.15, 0.2) is 5.13 Å². The highest BCUT2D eigenvalue weighted by atomic mass is 35.5. The molecule has 2 heterocycles. The van der Waals surface area contributed by atoms with Gasteiger partial charge in [0.05, 0.1) is 15.1 Å². The molecule has 7 nitrogen and oxygen atoms in total. The minimum Gasteiger partial charge on any atom is -0.302 e. The van der Waals surface area contributed by atoms with Crippen LogP contribution in [0.5, 0.6) is 0 Å². The lowest BCUT2D eigenvalue weighted by atomic mass is 10.1. The molecule has 0 saturated carbocycles. The van der Waals surface area contributed by atoms with E-state index in [2.05, 4.69) is 44.7 Å². The van der Waals surface area contributed by atoms with Gasteiger partial charge in [-0.1, -0.05) is 37.7 Å². The Kier molecular flexibility index (Phi) is 10.3. The molecular formula is C28H39ClN4O3S2. The molecule has 0 radical (unpaired) electrons. The number of thiazole rings is 1. The molecule has 0 spiro atoms. The number of likely N-dealkylation sites (N-methyl/N-ethyl adjacent to an activating group) is 1. The smallest absolute Gasteiger partial charge is 0.260 e. The van der Waals surface area contributed by atoms with Crippen molar-refractivity contribution in [3.8, 4) is 0 Å². The lowest BCUT2D eigenvalue weighted by Gasteiger charge is -2.32. The second-order valence-corrected chi connectivity index (χ2v) is 12.8. The van der Waals surface area contributed by atoms with Crippen LogP contribution in [0.15, 0.2) is 41.3 Å². The molecule has 1 atom stereocenters. The Morgan fingerprint density at radius 2 is 1.76 bits per heavy atom. The van der Waals surface area contributed by atoms with Crippen molar-refractivity contribution in [3.05, 3.63) is 53.1 Å². The Morgan fingerprint density at radius 3 is 2.39 bits per heavy atom. The quantitative estimate of drug-likeness (QED) is 0.317. The number of aryl methyl sites for hydroxylation is 2. The monoisotopic (exact) mass is 578 g/mol. The number of benzene rings is 2. The average molecular weight is 579 g/mol. The van der Waals surface area contributed by atoms with Crippen LogP contribution in [0, 0.1) is 13.8 Å². The molecule has 0 aliphatic carbocycles. The van der Waals surface area contributed by atoms with Crippen molar-refractivity contribution in [1.29, 1.82) is 0 Å². The Balaban J connectivity index is 0.00000400. The highest BCUT2D eigenvalue weighted by Crippen LogP contribution is 2.33. The highest BCUT2D eigenvalue weighted by molar-refractivity contribution is 7.89. The summed E-state index contributed by atoms with van der Waals surface area (Å²) in [5, 5.41) is 0.666. The molecule has 1 aliphatic heterocycles. The SMILES string of the molecule is CCN(CC)CCN(C(=O)c1ccc(S(=O)(=O)N2CCCCC2C)cc1)c1nc2cc(C)cc(C)c2s1.Cl. The van der Waals surface area contributed by atoms with Crippen LogP contribution in [-0.2, 0) is 10.0 Å². The standard InChI is InChI=1S/C28H38N4O3S2.ClH/c1-6-30(7-2)16-17-31(28-29-25-19-20(3)18-21(4)26(25)36-28)27(33)23-11-13-24(14-12-23)37(34,35)32-15-9-8-10-22(32)5;/h11-14,18-19,22H,6-10,15-17H2,1-5H3;1H. The molecule has 1 amide bonds. The number of aromatic nitrogens is 1. The molecule has 2 aromatic carbocycles. The number of sulfonamides is 1. The van der Waals surface area contributed by atoms with Crippen LogP contribution in [0.4, 0.5) is 5.13 Å². The molecule has 1 aliphatic rings. The number of nitrogens with zero attached hydrogens (tertiary/aromatic N) is 4. The predicted octanol–water partition coefficient (Wildman–Crippen LogP) is 5.89. The summed E-state index contributed by atoms with van der Waals surface area (Å²) >= 11 is 1.53. The number of amides is 1. The van der Waals surface area contributed by atoms with E-state index in [1.54, 1.807) is 33.5 Å². The summed E-state index contributed by atoms with van der Waals surface area (Å²) in [6.07, 6.45) is 2.80. The van der Waals surface area contributed by atoms with E-state index in [1.807, 2.05) is 6.92 Å². The average Bonchev–Trinajstić information content (AvgIpc) is 3.30. The number of piperidine rings is 1. The molecule has 0 bridgehead atoms. The topological polar surface area (TPSA) is 73.8 Å². The van der Waals surface area contributed by atoms with Crippen molar-refractivity contribution >= 4 is 55.0 Å². The van der Waals surface area contributed by atoms with Gasteiger partial charge >= 0.3 is 0 Å². The van der Waals surface area contributed by atoms with Gasteiger partial charge < -0.3 is 4.90 Å². The van der Waals surface area contributed by atoms with Gasteiger partial charge in [-0.25, -0.2) is 13.4 Å². The second kappa shape index (κ2) is 12.9. The number of halogens is 1. The lowest BCUT2D eigenvalue weighted by molar-refractivity contribution is 0.0983. The summed E-state index contributed by atoms with van der Waals surface area (Å²) in [5.74, 6) is -0.170. The van der Waals surface area contributed by atoms with E-state index >= 15 is 0 Å². The number of fused-ring (bicyclic) bond motifs is 1. The second-order valence-electron chi connectivity index (χ2n) is 9.90. The van der Waals surface area contributed by atoms with Gasteiger partial charge in [-0.05, 0) is 88.2 Å². The molecule has 0 N–H and O–H groups in total. The number of carbonyl (C=O) groups is 1.